The maximum Gasteiger partial charge on any atom is 0.249 e. The van der Waals surface area contributed by atoms with Crippen molar-refractivity contribution in [1.29, 1.82) is 0 Å². The van der Waals surface area contributed by atoms with E-state index in [-0.39, 0.29) is 5.91 Å². The largest absolute Gasteiger partial charge is 0.494 e. The third-order valence-corrected chi connectivity index (χ3v) is 2.97. The summed E-state index contributed by atoms with van der Waals surface area (Å²) in [4.78, 5) is 18.2. The lowest BCUT2D eigenvalue weighted by atomic mass is 10.2. The van der Waals surface area contributed by atoms with Gasteiger partial charge in [-0.2, -0.15) is 0 Å². The summed E-state index contributed by atoms with van der Waals surface area (Å²) in [5.74, 6) is 1.12. The number of fused-ring (bicyclic) bond motifs is 1. The molecule has 0 atom stereocenters. The van der Waals surface area contributed by atoms with Gasteiger partial charge in [0, 0.05) is 24.1 Å². The van der Waals surface area contributed by atoms with Gasteiger partial charge in [0.25, 0.3) is 0 Å². The molecule has 0 aliphatic rings. The van der Waals surface area contributed by atoms with Crippen molar-refractivity contribution in [3.05, 3.63) is 42.5 Å². The van der Waals surface area contributed by atoms with Crippen molar-refractivity contribution in [3.8, 4) is 5.75 Å². The molecule has 2 rings (SSSR count). The predicted molar refractivity (Wildman–Crippen MR) is 89.2 cm³/mol. The Morgan fingerprint density at radius 3 is 2.82 bits per heavy atom. The van der Waals surface area contributed by atoms with E-state index in [0.29, 0.717) is 12.4 Å². The number of carbonyl (C=O) groups is 1. The average molecular weight is 299 g/mol. The van der Waals surface area contributed by atoms with Gasteiger partial charge < -0.3 is 15.0 Å². The molecular weight excluding hydrogens is 278 g/mol. The number of carbonyl (C=O) groups excluding carboxylic acids is 1. The van der Waals surface area contributed by atoms with Crippen LogP contribution in [0.15, 0.2) is 42.5 Å². The molecule has 2 aromatic rings. The Hall–Kier alpha value is -2.40. The lowest BCUT2D eigenvalue weighted by Crippen LogP contribution is -2.13. The van der Waals surface area contributed by atoms with Crippen molar-refractivity contribution in [1.82, 2.24) is 9.88 Å². The van der Waals surface area contributed by atoms with Crippen LogP contribution >= 0.6 is 0 Å². The Kier molecular flexibility index (Phi) is 5.49. The van der Waals surface area contributed by atoms with Crippen LogP contribution in [0.4, 0.5) is 5.82 Å². The van der Waals surface area contributed by atoms with Gasteiger partial charge >= 0.3 is 0 Å². The van der Waals surface area contributed by atoms with E-state index in [1.807, 2.05) is 56.3 Å². The number of benzene rings is 1. The van der Waals surface area contributed by atoms with E-state index in [1.165, 1.54) is 6.08 Å². The molecule has 22 heavy (non-hydrogen) atoms. The van der Waals surface area contributed by atoms with Gasteiger partial charge in [0.1, 0.15) is 11.6 Å². The Morgan fingerprint density at radius 1 is 1.32 bits per heavy atom. The molecular formula is C17H21N3O2. The summed E-state index contributed by atoms with van der Waals surface area (Å²) in [6, 6.07) is 9.46. The SMILES string of the molecule is CCOc1ccc2ccc(NC(=O)C=CCN(C)C)nc2c1. The minimum Gasteiger partial charge on any atom is -0.494 e. The van der Waals surface area contributed by atoms with Crippen LogP contribution in [0.3, 0.4) is 0 Å². The average Bonchev–Trinajstić information content (AvgIpc) is 2.47. The van der Waals surface area contributed by atoms with Crippen LogP contribution in [0.2, 0.25) is 0 Å². The fourth-order valence-electron chi connectivity index (χ4n) is 1.96. The molecule has 0 radical (unpaired) electrons. The Morgan fingerprint density at radius 2 is 2.09 bits per heavy atom. The Labute approximate surface area is 130 Å². The molecule has 0 bridgehead atoms. The number of rotatable bonds is 6. The van der Waals surface area contributed by atoms with Crippen LogP contribution < -0.4 is 10.1 Å². The number of ether oxygens (including phenoxy) is 1. The first-order chi connectivity index (χ1) is 10.6. The van der Waals surface area contributed by atoms with Gasteiger partial charge in [0.05, 0.1) is 12.1 Å². The first kappa shape index (κ1) is 16.0. The molecule has 1 N–H and O–H groups in total. The first-order valence-corrected chi connectivity index (χ1v) is 7.24. The van der Waals surface area contributed by atoms with Gasteiger partial charge in [-0.15, -0.1) is 0 Å². The molecule has 116 valence electrons. The summed E-state index contributed by atoms with van der Waals surface area (Å²) in [6.45, 7) is 3.27. The summed E-state index contributed by atoms with van der Waals surface area (Å²) in [6.07, 6.45) is 3.33. The van der Waals surface area contributed by atoms with Gasteiger partial charge in [0.2, 0.25) is 5.91 Å². The van der Waals surface area contributed by atoms with Gasteiger partial charge in [-0.3, -0.25) is 4.79 Å². The van der Waals surface area contributed by atoms with E-state index >= 15 is 0 Å². The second kappa shape index (κ2) is 7.56. The molecule has 1 aromatic heterocycles. The van der Waals surface area contributed by atoms with Gasteiger partial charge in [0.15, 0.2) is 0 Å². The molecule has 1 aromatic carbocycles. The summed E-state index contributed by atoms with van der Waals surface area (Å²) < 4.78 is 5.47. The molecule has 5 heteroatoms. The van der Waals surface area contributed by atoms with E-state index in [4.69, 9.17) is 4.74 Å². The van der Waals surface area contributed by atoms with Crippen LogP contribution in [0.25, 0.3) is 10.9 Å². The molecule has 0 spiro atoms. The van der Waals surface area contributed by atoms with Crippen molar-refractivity contribution < 1.29 is 9.53 Å². The van der Waals surface area contributed by atoms with Gasteiger partial charge in [-0.1, -0.05) is 6.08 Å². The highest BCUT2D eigenvalue weighted by molar-refractivity contribution is 5.99. The summed E-state index contributed by atoms with van der Waals surface area (Å²) >= 11 is 0. The van der Waals surface area contributed by atoms with Crippen LogP contribution in [-0.2, 0) is 4.79 Å². The summed E-state index contributed by atoms with van der Waals surface area (Å²) in [7, 11) is 3.90. The molecule has 5 nitrogen and oxygen atoms in total. The smallest absolute Gasteiger partial charge is 0.249 e. The lowest BCUT2D eigenvalue weighted by Gasteiger charge is -2.07. The number of anilines is 1. The van der Waals surface area contributed by atoms with Gasteiger partial charge in [-0.25, -0.2) is 4.98 Å². The number of likely N-dealkylation sites (N-methyl/N-ethyl adjacent to an activating group) is 1. The van der Waals surface area contributed by atoms with Crippen LogP contribution in [0.1, 0.15) is 6.92 Å². The number of nitrogens with one attached hydrogen (secondary N) is 1. The normalized spacial score (nSPS) is 11.3. The predicted octanol–water partition coefficient (Wildman–Crippen LogP) is 2.69. The van der Waals surface area contributed by atoms with E-state index in [9.17, 15) is 4.79 Å². The minimum absolute atomic E-state index is 0.185. The van der Waals surface area contributed by atoms with Crippen molar-refractivity contribution in [2.24, 2.45) is 0 Å². The molecule has 1 amide bonds. The van der Waals surface area contributed by atoms with Crippen LogP contribution in [-0.4, -0.2) is 43.0 Å². The topological polar surface area (TPSA) is 54.5 Å². The Bertz CT molecular complexity index is 681. The number of pyridine rings is 1. The number of nitrogens with zero attached hydrogens (tertiary/aromatic N) is 2. The highest BCUT2D eigenvalue weighted by Crippen LogP contribution is 2.21. The molecule has 1 heterocycles. The minimum atomic E-state index is -0.185. The summed E-state index contributed by atoms with van der Waals surface area (Å²) in [5.41, 5.74) is 0.793. The second-order valence-electron chi connectivity index (χ2n) is 5.14. The van der Waals surface area contributed by atoms with Gasteiger partial charge in [-0.05, 0) is 45.3 Å². The Balaban J connectivity index is 2.11. The van der Waals surface area contributed by atoms with E-state index in [0.717, 1.165) is 23.2 Å². The standard InChI is InChI=1S/C17H21N3O2/c1-4-22-14-9-7-13-8-10-16(18-15(13)12-14)19-17(21)6-5-11-20(2)3/h5-10,12H,4,11H2,1-3H3,(H,18,19,21). The third-order valence-electron chi connectivity index (χ3n) is 2.97. The zero-order valence-electron chi connectivity index (χ0n) is 13.2. The zero-order chi connectivity index (χ0) is 15.9. The number of hydrogen-bond acceptors (Lipinski definition) is 4. The fraction of sp³-hybridized carbons (Fsp3) is 0.294. The van der Waals surface area contributed by atoms with Crippen LogP contribution in [0.5, 0.6) is 5.75 Å². The molecule has 0 saturated carbocycles. The second-order valence-corrected chi connectivity index (χ2v) is 5.14. The molecule has 0 aliphatic carbocycles. The van der Waals surface area contributed by atoms with Crippen LogP contribution in [0, 0.1) is 0 Å². The van der Waals surface area contributed by atoms with E-state index in [2.05, 4.69) is 10.3 Å². The lowest BCUT2D eigenvalue weighted by molar-refractivity contribution is -0.111. The summed E-state index contributed by atoms with van der Waals surface area (Å²) in [5, 5.41) is 3.77. The maximum absolute atomic E-state index is 11.8. The molecule has 0 fully saturated rings. The highest BCUT2D eigenvalue weighted by Gasteiger charge is 2.03. The van der Waals surface area contributed by atoms with Crippen molar-refractivity contribution in [2.75, 3.05) is 32.6 Å². The molecule has 0 unspecified atom stereocenters. The molecule has 0 aliphatic heterocycles. The number of aromatic nitrogens is 1. The van der Waals surface area contributed by atoms with E-state index < -0.39 is 0 Å². The monoisotopic (exact) mass is 299 g/mol. The van der Waals surface area contributed by atoms with E-state index in [1.54, 1.807) is 6.07 Å². The zero-order valence-corrected chi connectivity index (χ0v) is 13.2. The molecule has 0 saturated heterocycles. The van der Waals surface area contributed by atoms with Crippen molar-refractivity contribution >= 4 is 22.6 Å². The third kappa shape index (κ3) is 4.56. The maximum atomic E-state index is 11.8. The quantitative estimate of drug-likeness (QED) is 0.833. The number of amides is 1. The van der Waals surface area contributed by atoms with Crippen molar-refractivity contribution in [3.63, 3.8) is 0 Å². The van der Waals surface area contributed by atoms with Crippen molar-refractivity contribution in [2.45, 2.75) is 6.92 Å². The first-order valence-electron chi connectivity index (χ1n) is 7.24. The highest BCUT2D eigenvalue weighted by atomic mass is 16.5. The fourth-order valence-corrected chi connectivity index (χ4v) is 1.96. The number of hydrogen-bond donors (Lipinski definition) is 1.